The molecule has 0 fully saturated rings. The van der Waals surface area contributed by atoms with Crippen LogP contribution >= 0.6 is 48.2 Å². The van der Waals surface area contributed by atoms with E-state index in [-0.39, 0.29) is 24.8 Å². The van der Waals surface area contributed by atoms with E-state index in [1.807, 2.05) is 36.0 Å². The van der Waals surface area contributed by atoms with Crippen molar-refractivity contribution < 1.29 is 0 Å². The number of halogens is 3. The third kappa shape index (κ3) is 8.50. The number of benzene rings is 1. The van der Waals surface area contributed by atoms with Gasteiger partial charge in [-0.05, 0) is 24.3 Å². The van der Waals surface area contributed by atoms with Crippen LogP contribution in [0.5, 0.6) is 0 Å². The highest BCUT2D eigenvalue weighted by Gasteiger charge is 1.93. The van der Waals surface area contributed by atoms with Gasteiger partial charge in [-0.25, -0.2) is 0 Å². The van der Waals surface area contributed by atoms with E-state index in [0.29, 0.717) is 6.54 Å². The third-order valence-corrected chi connectivity index (χ3v) is 2.95. The molecule has 1 rings (SSSR count). The minimum atomic E-state index is 0. The van der Waals surface area contributed by atoms with Crippen LogP contribution in [0.25, 0.3) is 0 Å². The van der Waals surface area contributed by atoms with Gasteiger partial charge in [0, 0.05) is 35.3 Å². The maximum Gasteiger partial charge on any atom is 0.0406 e. The Balaban J connectivity index is 0. The Labute approximate surface area is 119 Å². The van der Waals surface area contributed by atoms with E-state index in [9.17, 15) is 0 Å². The van der Waals surface area contributed by atoms with Gasteiger partial charge in [-0.15, -0.1) is 36.6 Å². The van der Waals surface area contributed by atoms with E-state index in [1.54, 1.807) is 0 Å². The molecule has 1 aromatic carbocycles. The van der Waals surface area contributed by atoms with Gasteiger partial charge in [0.1, 0.15) is 0 Å². The summed E-state index contributed by atoms with van der Waals surface area (Å²) >= 11 is 7.60. The Bertz CT molecular complexity index is 257. The quantitative estimate of drug-likeness (QED) is 0.627. The van der Waals surface area contributed by atoms with Gasteiger partial charge in [0.05, 0.1) is 0 Å². The van der Waals surface area contributed by atoms with Crippen molar-refractivity contribution >= 4 is 48.2 Å². The summed E-state index contributed by atoms with van der Waals surface area (Å²) in [5, 5.41) is 4.03. The number of thioether (sulfide) groups is 1. The molecule has 3 N–H and O–H groups in total. The average Bonchev–Trinajstić information content (AvgIpc) is 2.21. The molecular weight excluding hydrogens is 287 g/mol. The van der Waals surface area contributed by atoms with Gasteiger partial charge in [-0.3, -0.25) is 0 Å². The molecular formula is C10H17Cl3N2S. The molecule has 0 radical (unpaired) electrons. The molecule has 0 heterocycles. The molecule has 16 heavy (non-hydrogen) atoms. The highest BCUT2D eigenvalue weighted by atomic mass is 35.5. The molecule has 0 atom stereocenters. The number of hydrogen-bond donors (Lipinski definition) is 2. The summed E-state index contributed by atoms with van der Waals surface area (Å²) in [5.41, 5.74) is 5.35. The first kappa shape index (κ1) is 18.7. The maximum absolute atomic E-state index is 5.78. The van der Waals surface area contributed by atoms with Crippen molar-refractivity contribution in [1.82, 2.24) is 5.32 Å². The highest BCUT2D eigenvalue weighted by Crippen LogP contribution is 2.19. The zero-order valence-electron chi connectivity index (χ0n) is 8.82. The van der Waals surface area contributed by atoms with Crippen molar-refractivity contribution in [3.63, 3.8) is 0 Å². The smallest absolute Gasteiger partial charge is 0.0406 e. The van der Waals surface area contributed by atoms with E-state index in [0.717, 1.165) is 23.9 Å². The van der Waals surface area contributed by atoms with Crippen molar-refractivity contribution in [3.05, 3.63) is 29.3 Å². The molecule has 0 amide bonds. The summed E-state index contributed by atoms with van der Waals surface area (Å²) in [6.45, 7) is 2.58. The van der Waals surface area contributed by atoms with Gasteiger partial charge in [0.15, 0.2) is 0 Å². The van der Waals surface area contributed by atoms with Gasteiger partial charge in [-0.2, -0.15) is 0 Å². The van der Waals surface area contributed by atoms with Crippen LogP contribution in [0.3, 0.4) is 0 Å². The topological polar surface area (TPSA) is 38.0 Å². The summed E-state index contributed by atoms with van der Waals surface area (Å²) < 4.78 is 0. The predicted molar refractivity (Wildman–Crippen MR) is 78.6 cm³/mol. The number of hydrogen-bond acceptors (Lipinski definition) is 3. The van der Waals surface area contributed by atoms with Crippen molar-refractivity contribution in [2.75, 3.05) is 25.4 Å². The molecule has 0 spiro atoms. The second kappa shape index (κ2) is 11.8. The number of nitrogens with one attached hydrogen (secondary N) is 1. The van der Waals surface area contributed by atoms with E-state index in [1.165, 1.54) is 4.90 Å². The van der Waals surface area contributed by atoms with E-state index >= 15 is 0 Å². The zero-order chi connectivity index (χ0) is 10.2. The Morgan fingerprint density at radius 3 is 2.31 bits per heavy atom. The number of nitrogens with two attached hydrogens (primary N) is 1. The fourth-order valence-corrected chi connectivity index (χ4v) is 1.94. The zero-order valence-corrected chi connectivity index (χ0v) is 12.0. The minimum absolute atomic E-state index is 0. The first-order valence-electron chi connectivity index (χ1n) is 4.62. The molecule has 0 aromatic heterocycles. The lowest BCUT2D eigenvalue weighted by Crippen LogP contribution is -2.24. The fourth-order valence-electron chi connectivity index (χ4n) is 0.999. The molecule has 0 aliphatic heterocycles. The summed E-state index contributed by atoms with van der Waals surface area (Å²) in [6.07, 6.45) is 0. The molecule has 2 nitrogen and oxygen atoms in total. The van der Waals surface area contributed by atoms with Crippen LogP contribution in [0.2, 0.25) is 5.02 Å². The second-order valence-electron chi connectivity index (χ2n) is 2.84. The van der Waals surface area contributed by atoms with E-state index in [4.69, 9.17) is 17.3 Å². The first-order chi connectivity index (χ1) is 6.83. The molecule has 0 aliphatic rings. The van der Waals surface area contributed by atoms with Crippen LogP contribution in [-0.2, 0) is 0 Å². The summed E-state index contributed by atoms with van der Waals surface area (Å²) in [4.78, 5) is 1.25. The lowest BCUT2D eigenvalue weighted by molar-refractivity contribution is 0.729. The molecule has 0 saturated carbocycles. The van der Waals surface area contributed by atoms with Gasteiger partial charge in [0.2, 0.25) is 0 Å². The molecule has 0 aliphatic carbocycles. The van der Waals surface area contributed by atoms with Gasteiger partial charge >= 0.3 is 0 Å². The monoisotopic (exact) mass is 302 g/mol. The maximum atomic E-state index is 5.78. The number of rotatable bonds is 6. The van der Waals surface area contributed by atoms with Crippen molar-refractivity contribution in [3.8, 4) is 0 Å². The first-order valence-corrected chi connectivity index (χ1v) is 5.98. The molecule has 1 aromatic rings. The third-order valence-electron chi connectivity index (χ3n) is 1.68. The van der Waals surface area contributed by atoms with Crippen molar-refractivity contribution in [1.29, 1.82) is 0 Å². The van der Waals surface area contributed by atoms with Gasteiger partial charge in [-0.1, -0.05) is 11.6 Å². The largest absolute Gasteiger partial charge is 0.329 e. The molecule has 6 heteroatoms. The molecule has 94 valence electrons. The standard InChI is InChI=1S/C10H15ClN2S.2ClH/c11-9-1-3-10(4-2-9)14-8-7-13-6-5-12;;/h1-4,13H,5-8,12H2;2*1H. The van der Waals surface area contributed by atoms with Gasteiger partial charge in [0.25, 0.3) is 0 Å². The van der Waals surface area contributed by atoms with Gasteiger partial charge < -0.3 is 11.1 Å². The molecule has 0 saturated heterocycles. The predicted octanol–water partition coefficient (Wildman–Crippen LogP) is 2.82. The fraction of sp³-hybridized carbons (Fsp3) is 0.400. The van der Waals surface area contributed by atoms with E-state index < -0.39 is 0 Å². The Kier molecular flexibility index (Phi) is 13.8. The summed E-state index contributed by atoms with van der Waals surface area (Å²) in [6, 6.07) is 7.90. The van der Waals surface area contributed by atoms with Crippen LogP contribution in [0, 0.1) is 0 Å². The Morgan fingerprint density at radius 1 is 1.12 bits per heavy atom. The summed E-state index contributed by atoms with van der Waals surface area (Å²) in [7, 11) is 0. The van der Waals surface area contributed by atoms with Crippen LogP contribution in [0.15, 0.2) is 29.2 Å². The SMILES string of the molecule is Cl.Cl.NCCNCCSc1ccc(Cl)cc1. The average molecular weight is 304 g/mol. The van der Waals surface area contributed by atoms with Crippen LogP contribution in [0.1, 0.15) is 0 Å². The van der Waals surface area contributed by atoms with Crippen LogP contribution < -0.4 is 11.1 Å². The summed E-state index contributed by atoms with van der Waals surface area (Å²) in [5.74, 6) is 1.06. The Morgan fingerprint density at radius 2 is 1.75 bits per heavy atom. The highest BCUT2D eigenvalue weighted by molar-refractivity contribution is 7.99. The molecule has 0 unspecified atom stereocenters. The Hall–Kier alpha value is 0.360. The minimum Gasteiger partial charge on any atom is -0.329 e. The van der Waals surface area contributed by atoms with Crippen molar-refractivity contribution in [2.45, 2.75) is 4.90 Å². The lowest BCUT2D eigenvalue weighted by Gasteiger charge is -2.03. The second-order valence-corrected chi connectivity index (χ2v) is 4.45. The van der Waals surface area contributed by atoms with Crippen molar-refractivity contribution in [2.24, 2.45) is 5.73 Å². The molecule has 0 bridgehead atoms. The van der Waals surface area contributed by atoms with E-state index in [2.05, 4.69) is 5.32 Å². The lowest BCUT2D eigenvalue weighted by atomic mass is 10.4. The van der Waals surface area contributed by atoms with Crippen LogP contribution in [-0.4, -0.2) is 25.4 Å². The van der Waals surface area contributed by atoms with Crippen LogP contribution in [0.4, 0.5) is 0 Å². The normalized spacial score (nSPS) is 9.12.